The molecule has 0 bridgehead atoms. The number of rotatable bonds is 6. The van der Waals surface area contributed by atoms with Gasteiger partial charge in [-0.2, -0.15) is 0 Å². The molecule has 1 aromatic carbocycles. The number of nitrogens with one attached hydrogen (secondary N) is 2. The summed E-state index contributed by atoms with van der Waals surface area (Å²) in [5, 5.41) is 0. The average Bonchev–Trinajstić information content (AvgIpc) is 2.96. The highest BCUT2D eigenvalue weighted by molar-refractivity contribution is 9.10. The predicted octanol–water partition coefficient (Wildman–Crippen LogP) is 2.63. The Bertz CT molecular complexity index is 726. The van der Waals surface area contributed by atoms with E-state index < -0.39 is 6.04 Å². The molecule has 0 spiro atoms. The first-order valence-corrected chi connectivity index (χ1v) is 8.98. The van der Waals surface area contributed by atoms with Crippen molar-refractivity contribution in [3.05, 3.63) is 58.3 Å². The lowest BCUT2D eigenvalue weighted by Crippen LogP contribution is -2.48. The third kappa shape index (κ3) is 4.70. The van der Waals surface area contributed by atoms with Gasteiger partial charge in [-0.1, -0.05) is 44.2 Å². The van der Waals surface area contributed by atoms with Crippen LogP contribution in [0.15, 0.2) is 47.1 Å². The van der Waals surface area contributed by atoms with Crippen LogP contribution in [0.4, 0.5) is 0 Å². The maximum atomic E-state index is 12.7. The average molecular weight is 407 g/mol. The number of carbonyl (C=O) groups is 2. The van der Waals surface area contributed by atoms with E-state index in [-0.39, 0.29) is 11.8 Å². The molecule has 2 aromatic rings. The van der Waals surface area contributed by atoms with Gasteiger partial charge < -0.3 is 4.57 Å². The monoisotopic (exact) mass is 406 g/mol. The molecule has 0 saturated heterocycles. The minimum absolute atomic E-state index is 0.267. The number of likely N-dealkylation sites (N-methyl/N-ethyl adjacent to an activating group) is 1. The maximum Gasteiger partial charge on any atom is 0.286 e. The first-order valence-electron chi connectivity index (χ1n) is 8.19. The number of amides is 2. The van der Waals surface area contributed by atoms with Crippen LogP contribution < -0.4 is 10.9 Å². The van der Waals surface area contributed by atoms with Crippen molar-refractivity contribution in [3.8, 4) is 0 Å². The van der Waals surface area contributed by atoms with E-state index in [1.165, 1.54) is 0 Å². The van der Waals surface area contributed by atoms with Crippen LogP contribution in [0.25, 0.3) is 0 Å². The highest BCUT2D eigenvalue weighted by atomic mass is 79.9. The molecule has 1 aromatic heterocycles. The zero-order valence-electron chi connectivity index (χ0n) is 14.6. The molecule has 0 fully saturated rings. The molecule has 0 aliphatic carbocycles. The SMILES string of the molecule is CCN(CC)C(C(=O)NNC(=O)c1cc(Br)cn1C)c1ccccc1. The zero-order valence-corrected chi connectivity index (χ0v) is 16.2. The van der Waals surface area contributed by atoms with Crippen molar-refractivity contribution in [3.63, 3.8) is 0 Å². The Labute approximate surface area is 156 Å². The third-order valence-corrected chi connectivity index (χ3v) is 4.48. The molecule has 1 atom stereocenters. The summed E-state index contributed by atoms with van der Waals surface area (Å²) in [6.07, 6.45) is 1.78. The first kappa shape index (κ1) is 19.2. The number of hydrazine groups is 1. The summed E-state index contributed by atoms with van der Waals surface area (Å²) in [7, 11) is 1.77. The molecule has 0 saturated carbocycles. The summed E-state index contributed by atoms with van der Waals surface area (Å²) in [5.41, 5.74) is 6.39. The summed E-state index contributed by atoms with van der Waals surface area (Å²) >= 11 is 3.33. The number of benzene rings is 1. The van der Waals surface area contributed by atoms with Crippen molar-refractivity contribution in [2.45, 2.75) is 19.9 Å². The molecule has 0 aliphatic rings. The Morgan fingerprint density at radius 1 is 1.16 bits per heavy atom. The number of aryl methyl sites for hydroxylation is 1. The van der Waals surface area contributed by atoms with E-state index in [9.17, 15) is 9.59 Å². The molecule has 2 amide bonds. The van der Waals surface area contributed by atoms with E-state index in [0.29, 0.717) is 5.69 Å². The molecule has 2 rings (SSSR count). The fourth-order valence-corrected chi connectivity index (χ4v) is 3.28. The lowest BCUT2D eigenvalue weighted by Gasteiger charge is -2.29. The fourth-order valence-electron chi connectivity index (χ4n) is 2.75. The van der Waals surface area contributed by atoms with Crippen molar-refractivity contribution >= 4 is 27.7 Å². The van der Waals surface area contributed by atoms with Crippen molar-refractivity contribution in [1.29, 1.82) is 0 Å². The smallest absolute Gasteiger partial charge is 0.286 e. The highest BCUT2D eigenvalue weighted by Crippen LogP contribution is 2.20. The second kappa shape index (κ2) is 8.82. The largest absolute Gasteiger partial charge is 0.345 e. The van der Waals surface area contributed by atoms with Gasteiger partial charge in [0.25, 0.3) is 11.8 Å². The van der Waals surface area contributed by atoms with Crippen LogP contribution in [0.5, 0.6) is 0 Å². The van der Waals surface area contributed by atoms with Crippen molar-refractivity contribution in [1.82, 2.24) is 20.3 Å². The molecule has 0 radical (unpaired) electrons. The van der Waals surface area contributed by atoms with Crippen LogP contribution in [0.3, 0.4) is 0 Å². The van der Waals surface area contributed by atoms with Crippen LogP contribution in [-0.4, -0.2) is 34.4 Å². The van der Waals surface area contributed by atoms with Gasteiger partial charge >= 0.3 is 0 Å². The Balaban J connectivity index is 2.12. The van der Waals surface area contributed by atoms with Crippen molar-refractivity contribution in [2.75, 3.05) is 13.1 Å². The molecule has 2 N–H and O–H groups in total. The second-order valence-electron chi connectivity index (χ2n) is 5.63. The molecular formula is C18H23BrN4O2. The van der Waals surface area contributed by atoms with Gasteiger partial charge in [0.2, 0.25) is 0 Å². The predicted molar refractivity (Wildman–Crippen MR) is 101 cm³/mol. The third-order valence-electron chi connectivity index (χ3n) is 4.04. The van der Waals surface area contributed by atoms with Crippen molar-refractivity contribution in [2.24, 2.45) is 7.05 Å². The number of aromatic nitrogens is 1. The van der Waals surface area contributed by atoms with Gasteiger partial charge in [0, 0.05) is 17.7 Å². The molecule has 134 valence electrons. The van der Waals surface area contributed by atoms with Crippen LogP contribution in [0.1, 0.15) is 35.9 Å². The second-order valence-corrected chi connectivity index (χ2v) is 6.55. The molecule has 1 unspecified atom stereocenters. The van der Waals surface area contributed by atoms with Gasteiger partial charge in [-0.3, -0.25) is 25.3 Å². The minimum atomic E-state index is -0.461. The van der Waals surface area contributed by atoms with Gasteiger partial charge in [0.05, 0.1) is 0 Å². The number of hydrogen-bond donors (Lipinski definition) is 2. The van der Waals surface area contributed by atoms with E-state index in [4.69, 9.17) is 0 Å². The molecule has 25 heavy (non-hydrogen) atoms. The Morgan fingerprint density at radius 3 is 2.32 bits per heavy atom. The van der Waals surface area contributed by atoms with Crippen molar-refractivity contribution < 1.29 is 9.59 Å². The molecule has 1 heterocycles. The van der Waals surface area contributed by atoms with Gasteiger partial charge in [-0.15, -0.1) is 0 Å². The van der Waals surface area contributed by atoms with E-state index >= 15 is 0 Å². The minimum Gasteiger partial charge on any atom is -0.345 e. The lowest BCUT2D eigenvalue weighted by atomic mass is 10.0. The van der Waals surface area contributed by atoms with E-state index in [1.807, 2.05) is 49.1 Å². The lowest BCUT2D eigenvalue weighted by molar-refractivity contribution is -0.127. The Morgan fingerprint density at radius 2 is 1.80 bits per heavy atom. The van der Waals surface area contributed by atoms with Gasteiger partial charge in [0.15, 0.2) is 0 Å². The zero-order chi connectivity index (χ0) is 18.4. The maximum absolute atomic E-state index is 12.7. The Hall–Kier alpha value is -2.12. The Kier molecular flexibility index (Phi) is 6.78. The van der Waals surface area contributed by atoms with Crippen LogP contribution in [-0.2, 0) is 11.8 Å². The number of hydrogen-bond acceptors (Lipinski definition) is 3. The van der Waals surface area contributed by atoms with Gasteiger partial charge in [0.1, 0.15) is 11.7 Å². The van der Waals surface area contributed by atoms with E-state index in [1.54, 1.807) is 23.9 Å². The standard InChI is InChI=1S/C18H23BrN4O2/c1-4-23(5-2)16(13-9-7-6-8-10-13)18(25)21-20-17(24)15-11-14(19)12-22(15)3/h6-12,16H,4-5H2,1-3H3,(H,20,24)(H,21,25). The summed E-state index contributed by atoms with van der Waals surface area (Å²) in [4.78, 5) is 27.1. The quantitative estimate of drug-likeness (QED) is 0.724. The normalized spacial score (nSPS) is 12.0. The number of halogens is 1. The molecule has 7 heteroatoms. The van der Waals surface area contributed by atoms with Gasteiger partial charge in [-0.25, -0.2) is 0 Å². The van der Waals surface area contributed by atoms with Crippen LogP contribution >= 0.6 is 15.9 Å². The summed E-state index contributed by atoms with van der Waals surface area (Å²) in [6, 6.07) is 10.8. The first-order chi connectivity index (χ1) is 12.0. The topological polar surface area (TPSA) is 66.4 Å². The molecular weight excluding hydrogens is 384 g/mol. The summed E-state index contributed by atoms with van der Waals surface area (Å²) < 4.78 is 2.49. The summed E-state index contributed by atoms with van der Waals surface area (Å²) in [5.74, 6) is -0.635. The number of carbonyl (C=O) groups excluding carboxylic acids is 2. The number of nitrogens with zero attached hydrogens (tertiary/aromatic N) is 2. The van der Waals surface area contributed by atoms with E-state index in [0.717, 1.165) is 23.1 Å². The van der Waals surface area contributed by atoms with Crippen LogP contribution in [0.2, 0.25) is 0 Å². The molecule has 0 aliphatic heterocycles. The summed E-state index contributed by atoms with van der Waals surface area (Å²) in [6.45, 7) is 5.46. The molecule has 6 nitrogen and oxygen atoms in total. The highest BCUT2D eigenvalue weighted by Gasteiger charge is 2.26. The van der Waals surface area contributed by atoms with E-state index in [2.05, 4.69) is 26.8 Å². The van der Waals surface area contributed by atoms with Crippen LogP contribution in [0, 0.1) is 0 Å². The van der Waals surface area contributed by atoms with Gasteiger partial charge in [-0.05, 0) is 40.6 Å². The fraction of sp³-hybridized carbons (Fsp3) is 0.333.